The minimum Gasteiger partial charge on any atom is -0.342 e. The molecule has 0 spiro atoms. The summed E-state index contributed by atoms with van der Waals surface area (Å²) in [5.74, 6) is 0.822. The van der Waals surface area contributed by atoms with Gasteiger partial charge >= 0.3 is 0 Å². The van der Waals surface area contributed by atoms with Crippen LogP contribution in [-0.2, 0) is 9.59 Å². The molecule has 1 aliphatic heterocycles. The summed E-state index contributed by atoms with van der Waals surface area (Å²) in [5.41, 5.74) is 0. The van der Waals surface area contributed by atoms with Crippen molar-refractivity contribution in [2.45, 2.75) is 70.9 Å². The maximum atomic E-state index is 12.9. The van der Waals surface area contributed by atoms with Gasteiger partial charge in [-0.2, -0.15) is 0 Å². The van der Waals surface area contributed by atoms with Gasteiger partial charge in [-0.15, -0.1) is 0 Å². The molecule has 3 fully saturated rings. The second-order valence-electron chi connectivity index (χ2n) is 7.51. The number of hydrogen-bond donors (Lipinski definition) is 0. The quantitative estimate of drug-likeness (QED) is 0.781. The lowest BCUT2D eigenvalue weighted by atomic mass is 10.0. The number of carbonyl (C=O) groups excluding carboxylic acids is 2. The van der Waals surface area contributed by atoms with E-state index in [4.69, 9.17) is 0 Å². The van der Waals surface area contributed by atoms with Crippen molar-refractivity contribution in [3.8, 4) is 0 Å². The summed E-state index contributed by atoms with van der Waals surface area (Å²) in [6, 6.07) is 0.939. The van der Waals surface area contributed by atoms with Gasteiger partial charge in [-0.1, -0.05) is 26.7 Å². The highest BCUT2D eigenvalue weighted by Crippen LogP contribution is 2.36. The monoisotopic (exact) mass is 292 g/mol. The maximum Gasteiger partial charge on any atom is 0.228 e. The maximum absolute atomic E-state index is 12.9. The number of amides is 2. The Morgan fingerprint density at radius 2 is 1.81 bits per heavy atom. The summed E-state index contributed by atoms with van der Waals surface area (Å²) < 4.78 is 0. The molecular weight excluding hydrogens is 264 g/mol. The Morgan fingerprint density at radius 3 is 2.38 bits per heavy atom. The van der Waals surface area contributed by atoms with Gasteiger partial charge in [0.05, 0.1) is 5.92 Å². The molecule has 3 rings (SSSR count). The first-order valence-corrected chi connectivity index (χ1v) is 8.66. The van der Waals surface area contributed by atoms with Gasteiger partial charge < -0.3 is 9.80 Å². The molecule has 3 aliphatic rings. The van der Waals surface area contributed by atoms with Gasteiger partial charge in [-0.3, -0.25) is 9.59 Å². The van der Waals surface area contributed by atoms with Crippen LogP contribution in [0.2, 0.25) is 0 Å². The second-order valence-corrected chi connectivity index (χ2v) is 7.51. The van der Waals surface area contributed by atoms with E-state index in [1.54, 1.807) is 0 Å². The predicted octanol–water partition coefficient (Wildman–Crippen LogP) is 2.42. The molecule has 1 saturated heterocycles. The van der Waals surface area contributed by atoms with Crippen LogP contribution in [-0.4, -0.2) is 46.8 Å². The molecule has 1 atom stereocenters. The van der Waals surface area contributed by atoms with Crippen LogP contribution in [0.5, 0.6) is 0 Å². The highest BCUT2D eigenvalue weighted by molar-refractivity contribution is 5.89. The number of nitrogens with zero attached hydrogens (tertiary/aromatic N) is 2. The number of hydrogen-bond acceptors (Lipinski definition) is 2. The van der Waals surface area contributed by atoms with E-state index in [2.05, 4.69) is 18.7 Å². The summed E-state index contributed by atoms with van der Waals surface area (Å²) in [5, 5.41) is 0. The molecular formula is C17H28N2O2. The first kappa shape index (κ1) is 14.9. The Bertz CT molecular complexity index is 411. The Balaban J connectivity index is 1.65. The van der Waals surface area contributed by atoms with Crippen molar-refractivity contribution < 1.29 is 9.59 Å². The smallest absolute Gasteiger partial charge is 0.228 e. The molecule has 2 saturated carbocycles. The number of likely N-dealkylation sites (tertiary alicyclic amines) is 1. The molecule has 4 nitrogen and oxygen atoms in total. The fourth-order valence-electron chi connectivity index (χ4n) is 3.96. The van der Waals surface area contributed by atoms with Crippen LogP contribution < -0.4 is 0 Å². The molecule has 0 radical (unpaired) electrons. The molecule has 1 heterocycles. The Morgan fingerprint density at radius 1 is 1.19 bits per heavy atom. The third-order valence-electron chi connectivity index (χ3n) is 5.06. The van der Waals surface area contributed by atoms with Crippen molar-refractivity contribution in [3.05, 3.63) is 0 Å². The van der Waals surface area contributed by atoms with Gasteiger partial charge in [0.1, 0.15) is 0 Å². The zero-order valence-electron chi connectivity index (χ0n) is 13.4. The van der Waals surface area contributed by atoms with Crippen molar-refractivity contribution >= 4 is 11.8 Å². The lowest BCUT2D eigenvalue weighted by Gasteiger charge is -2.31. The van der Waals surface area contributed by atoms with Gasteiger partial charge in [-0.25, -0.2) is 0 Å². The van der Waals surface area contributed by atoms with E-state index in [1.165, 1.54) is 38.5 Å². The Hall–Kier alpha value is -1.06. The van der Waals surface area contributed by atoms with Crippen LogP contribution in [0.3, 0.4) is 0 Å². The summed E-state index contributed by atoms with van der Waals surface area (Å²) in [6.07, 6.45) is 7.60. The van der Waals surface area contributed by atoms with Crippen LogP contribution in [0, 0.1) is 11.8 Å². The van der Waals surface area contributed by atoms with Crippen LogP contribution >= 0.6 is 0 Å². The zero-order valence-corrected chi connectivity index (χ0v) is 13.4. The van der Waals surface area contributed by atoms with E-state index in [0.717, 1.165) is 6.54 Å². The fourth-order valence-corrected chi connectivity index (χ4v) is 3.96. The Labute approximate surface area is 127 Å². The molecule has 0 aromatic rings. The van der Waals surface area contributed by atoms with Gasteiger partial charge in [0.15, 0.2) is 0 Å². The summed E-state index contributed by atoms with van der Waals surface area (Å²) in [4.78, 5) is 29.1. The third-order valence-corrected chi connectivity index (χ3v) is 5.06. The van der Waals surface area contributed by atoms with E-state index in [0.29, 0.717) is 31.0 Å². The van der Waals surface area contributed by atoms with Crippen LogP contribution in [0.4, 0.5) is 0 Å². The van der Waals surface area contributed by atoms with Crippen molar-refractivity contribution in [2.75, 3.05) is 13.1 Å². The van der Waals surface area contributed by atoms with Gasteiger partial charge in [0.2, 0.25) is 11.8 Å². The molecule has 2 aliphatic carbocycles. The van der Waals surface area contributed by atoms with Crippen LogP contribution in [0.1, 0.15) is 58.8 Å². The lowest BCUT2D eigenvalue weighted by molar-refractivity contribution is -0.138. The second kappa shape index (κ2) is 5.98. The van der Waals surface area contributed by atoms with Crippen molar-refractivity contribution in [1.82, 2.24) is 9.80 Å². The van der Waals surface area contributed by atoms with Gasteiger partial charge in [0, 0.05) is 31.6 Å². The number of carbonyl (C=O) groups is 2. The van der Waals surface area contributed by atoms with Gasteiger partial charge in [-0.05, 0) is 31.6 Å². The third kappa shape index (κ3) is 3.24. The van der Waals surface area contributed by atoms with E-state index >= 15 is 0 Å². The molecule has 4 heteroatoms. The molecule has 0 aromatic carbocycles. The van der Waals surface area contributed by atoms with Crippen molar-refractivity contribution in [1.29, 1.82) is 0 Å². The highest BCUT2D eigenvalue weighted by atomic mass is 16.2. The molecule has 0 N–H and O–H groups in total. The summed E-state index contributed by atoms with van der Waals surface area (Å²) in [6.45, 7) is 5.68. The van der Waals surface area contributed by atoms with Crippen LogP contribution in [0.25, 0.3) is 0 Å². The van der Waals surface area contributed by atoms with E-state index < -0.39 is 0 Å². The summed E-state index contributed by atoms with van der Waals surface area (Å²) in [7, 11) is 0. The van der Waals surface area contributed by atoms with Gasteiger partial charge in [0.25, 0.3) is 0 Å². The lowest BCUT2D eigenvalue weighted by Crippen LogP contribution is -2.44. The molecule has 2 amide bonds. The average Bonchev–Trinajstić information content (AvgIpc) is 2.97. The average molecular weight is 292 g/mol. The van der Waals surface area contributed by atoms with E-state index in [-0.39, 0.29) is 17.7 Å². The molecule has 0 bridgehead atoms. The normalized spacial score (nSPS) is 26.9. The predicted molar refractivity (Wildman–Crippen MR) is 81.6 cm³/mol. The zero-order chi connectivity index (χ0) is 15.0. The minimum atomic E-state index is -0.0857. The largest absolute Gasteiger partial charge is 0.342 e. The first-order valence-electron chi connectivity index (χ1n) is 8.66. The van der Waals surface area contributed by atoms with E-state index in [1.807, 2.05) is 4.90 Å². The standard InChI is InChI=1S/C17H28N2O2/c1-12(2)10-18-11-13(9-16(18)20)17(21)19(15-7-8-15)14-5-3-4-6-14/h12-15H,3-11H2,1-2H3/t13-/m0/s1. The minimum absolute atomic E-state index is 0.0857. The highest BCUT2D eigenvalue weighted by Gasteiger charge is 2.44. The summed E-state index contributed by atoms with van der Waals surface area (Å²) >= 11 is 0. The topological polar surface area (TPSA) is 40.6 Å². The molecule has 0 aromatic heterocycles. The Kier molecular flexibility index (Phi) is 4.23. The molecule has 0 unspecified atom stereocenters. The molecule has 118 valence electrons. The SMILES string of the molecule is CC(C)CN1C[C@@H](C(=O)N(C2CCCC2)C2CC2)CC1=O. The first-order chi connectivity index (χ1) is 10.1. The molecule has 21 heavy (non-hydrogen) atoms. The van der Waals surface area contributed by atoms with Crippen molar-refractivity contribution in [3.63, 3.8) is 0 Å². The van der Waals surface area contributed by atoms with Crippen LogP contribution in [0.15, 0.2) is 0 Å². The van der Waals surface area contributed by atoms with Crippen molar-refractivity contribution in [2.24, 2.45) is 11.8 Å². The number of rotatable bonds is 5. The fraction of sp³-hybridized carbons (Fsp3) is 0.882. The van der Waals surface area contributed by atoms with E-state index in [9.17, 15) is 9.59 Å².